The molecule has 1 aromatic carbocycles. The fourth-order valence-electron chi connectivity index (χ4n) is 2.24. The predicted molar refractivity (Wildman–Crippen MR) is 103 cm³/mol. The number of nitrogens with one attached hydrogen (secondary N) is 1. The fraction of sp³-hybridized carbons (Fsp3) is 0.375. The van der Waals surface area contributed by atoms with E-state index in [0.717, 1.165) is 52.7 Å². The third-order valence-electron chi connectivity index (χ3n) is 3.33. The first-order valence-corrected chi connectivity index (χ1v) is 9.52. The Morgan fingerprint density at radius 2 is 2.27 bits per heavy atom. The van der Waals surface area contributed by atoms with Crippen LogP contribution in [0.4, 0.5) is 0 Å². The van der Waals surface area contributed by atoms with Crippen molar-refractivity contribution in [3.63, 3.8) is 0 Å². The summed E-state index contributed by atoms with van der Waals surface area (Å²) in [6.45, 7) is 1.69. The van der Waals surface area contributed by atoms with Crippen LogP contribution in [-0.2, 0) is 0 Å². The Morgan fingerprint density at radius 3 is 3.05 bits per heavy atom. The summed E-state index contributed by atoms with van der Waals surface area (Å²) in [7, 11) is 1.95. The Morgan fingerprint density at radius 1 is 1.36 bits per heavy atom. The largest absolute Gasteiger partial charge is 0.494 e. The van der Waals surface area contributed by atoms with Gasteiger partial charge < -0.3 is 10.1 Å². The summed E-state index contributed by atoms with van der Waals surface area (Å²) < 4.78 is 6.13. The standard InChI is InChI=1S/C16H18IN3OS/c1-18-7-2-8-21-12-4-6-13-11(9-12)3-5-14(19-13)16-20-15(17)10-22-16/h3-6,9,15,18H,2,7-8,10H2,1H3/t15-/m1/s1. The molecular weight excluding hydrogens is 409 g/mol. The summed E-state index contributed by atoms with van der Waals surface area (Å²) in [5.41, 5.74) is 1.96. The minimum atomic E-state index is 0.364. The molecule has 0 spiro atoms. The number of fused-ring (bicyclic) bond motifs is 1. The maximum atomic E-state index is 5.76. The van der Waals surface area contributed by atoms with E-state index in [-0.39, 0.29) is 0 Å². The average molecular weight is 427 g/mol. The first kappa shape index (κ1) is 16.0. The van der Waals surface area contributed by atoms with Crippen LogP contribution < -0.4 is 10.1 Å². The number of hydrogen-bond acceptors (Lipinski definition) is 5. The molecule has 1 aliphatic heterocycles. The topological polar surface area (TPSA) is 46.5 Å². The monoisotopic (exact) mass is 427 g/mol. The molecule has 1 atom stereocenters. The maximum Gasteiger partial charge on any atom is 0.120 e. The zero-order valence-corrected chi connectivity index (χ0v) is 15.4. The Hall–Kier alpha value is -0.860. The Bertz CT molecular complexity index is 692. The number of ether oxygens (including phenoxy) is 1. The molecule has 1 aliphatic rings. The van der Waals surface area contributed by atoms with E-state index in [1.165, 1.54) is 0 Å². The number of halogens is 1. The van der Waals surface area contributed by atoms with Crippen LogP contribution >= 0.6 is 34.4 Å². The number of benzene rings is 1. The predicted octanol–water partition coefficient (Wildman–Crippen LogP) is 3.48. The lowest BCUT2D eigenvalue weighted by Gasteiger charge is -2.08. The third kappa shape index (κ3) is 3.91. The van der Waals surface area contributed by atoms with Crippen molar-refractivity contribution in [2.24, 2.45) is 4.99 Å². The number of pyridine rings is 1. The van der Waals surface area contributed by atoms with Gasteiger partial charge in [0.25, 0.3) is 0 Å². The lowest BCUT2D eigenvalue weighted by molar-refractivity contribution is 0.310. The van der Waals surface area contributed by atoms with Crippen molar-refractivity contribution in [3.8, 4) is 5.75 Å². The summed E-state index contributed by atoms with van der Waals surface area (Å²) in [6.07, 6.45) is 1.00. The number of aromatic nitrogens is 1. The SMILES string of the molecule is CNCCCOc1ccc2nc(C3=N[C@@H](I)CS3)ccc2c1. The van der Waals surface area contributed by atoms with Gasteiger partial charge in [0.15, 0.2) is 0 Å². The lowest BCUT2D eigenvalue weighted by Crippen LogP contribution is -2.11. The Labute approximate surface area is 148 Å². The normalized spacial score (nSPS) is 17.7. The first-order chi connectivity index (χ1) is 10.8. The fourth-order valence-corrected chi connectivity index (χ4v) is 4.08. The van der Waals surface area contributed by atoms with Gasteiger partial charge in [0.2, 0.25) is 0 Å². The number of rotatable bonds is 6. The van der Waals surface area contributed by atoms with Crippen LogP contribution in [-0.4, -0.2) is 40.0 Å². The highest BCUT2D eigenvalue weighted by Crippen LogP contribution is 2.27. The van der Waals surface area contributed by atoms with Crippen LogP contribution in [0.2, 0.25) is 0 Å². The zero-order chi connectivity index (χ0) is 15.4. The molecule has 0 bridgehead atoms. The molecule has 0 saturated heterocycles. The highest BCUT2D eigenvalue weighted by atomic mass is 127. The molecule has 4 nitrogen and oxygen atoms in total. The maximum absolute atomic E-state index is 5.76. The Kier molecular flexibility index (Phi) is 5.54. The molecule has 0 saturated carbocycles. The van der Waals surface area contributed by atoms with Crippen molar-refractivity contribution in [1.29, 1.82) is 0 Å². The van der Waals surface area contributed by atoms with E-state index in [1.807, 2.05) is 25.2 Å². The molecule has 22 heavy (non-hydrogen) atoms. The van der Waals surface area contributed by atoms with Crippen LogP contribution in [0.25, 0.3) is 10.9 Å². The summed E-state index contributed by atoms with van der Waals surface area (Å²) in [5, 5.41) is 5.27. The molecule has 1 N–H and O–H groups in total. The van der Waals surface area contributed by atoms with Crippen molar-refractivity contribution < 1.29 is 4.74 Å². The molecule has 3 rings (SSSR count). The molecule has 0 amide bonds. The van der Waals surface area contributed by atoms with Crippen molar-refractivity contribution in [1.82, 2.24) is 10.3 Å². The van der Waals surface area contributed by atoms with E-state index < -0.39 is 0 Å². The summed E-state index contributed by atoms with van der Waals surface area (Å²) in [4.78, 5) is 9.34. The molecule has 0 radical (unpaired) electrons. The van der Waals surface area contributed by atoms with Gasteiger partial charge in [-0.05, 0) is 44.3 Å². The van der Waals surface area contributed by atoms with Crippen molar-refractivity contribution in [3.05, 3.63) is 36.0 Å². The van der Waals surface area contributed by atoms with Crippen LogP contribution in [0, 0.1) is 0 Å². The number of nitrogens with zero attached hydrogens (tertiary/aromatic N) is 2. The van der Waals surface area contributed by atoms with E-state index in [2.05, 4.69) is 45.0 Å². The van der Waals surface area contributed by atoms with E-state index in [0.29, 0.717) is 4.05 Å². The highest BCUT2D eigenvalue weighted by molar-refractivity contribution is 14.1. The number of hydrogen-bond donors (Lipinski definition) is 1. The number of thioether (sulfide) groups is 1. The van der Waals surface area contributed by atoms with Gasteiger partial charge in [-0.15, -0.1) is 11.8 Å². The van der Waals surface area contributed by atoms with Gasteiger partial charge in [-0.25, -0.2) is 4.98 Å². The quantitative estimate of drug-likeness (QED) is 0.332. The van der Waals surface area contributed by atoms with Gasteiger partial charge in [-0.3, -0.25) is 4.99 Å². The van der Waals surface area contributed by atoms with E-state index >= 15 is 0 Å². The molecule has 1 aromatic heterocycles. The minimum absolute atomic E-state index is 0.364. The van der Waals surface area contributed by atoms with Crippen LogP contribution in [0.5, 0.6) is 5.75 Å². The van der Waals surface area contributed by atoms with Crippen LogP contribution in [0.15, 0.2) is 35.3 Å². The molecule has 6 heteroatoms. The van der Waals surface area contributed by atoms with Gasteiger partial charge in [0.05, 0.1) is 17.8 Å². The molecular formula is C16H18IN3OS. The minimum Gasteiger partial charge on any atom is -0.494 e. The highest BCUT2D eigenvalue weighted by Gasteiger charge is 2.17. The van der Waals surface area contributed by atoms with Gasteiger partial charge >= 0.3 is 0 Å². The zero-order valence-electron chi connectivity index (χ0n) is 12.4. The van der Waals surface area contributed by atoms with E-state index in [1.54, 1.807) is 11.8 Å². The van der Waals surface area contributed by atoms with Crippen molar-refractivity contribution in [2.45, 2.75) is 10.5 Å². The van der Waals surface area contributed by atoms with E-state index in [9.17, 15) is 0 Å². The molecule has 2 heterocycles. The smallest absolute Gasteiger partial charge is 0.120 e. The molecule has 2 aromatic rings. The van der Waals surface area contributed by atoms with Crippen molar-refractivity contribution in [2.75, 3.05) is 26.0 Å². The second kappa shape index (κ2) is 7.61. The van der Waals surface area contributed by atoms with Gasteiger partial charge in [-0.1, -0.05) is 28.7 Å². The first-order valence-electron chi connectivity index (χ1n) is 7.29. The molecule has 0 fully saturated rings. The van der Waals surface area contributed by atoms with Gasteiger partial charge in [0.1, 0.15) is 14.8 Å². The van der Waals surface area contributed by atoms with Crippen molar-refractivity contribution >= 4 is 50.3 Å². The van der Waals surface area contributed by atoms with Crippen LogP contribution in [0.1, 0.15) is 12.1 Å². The Balaban J connectivity index is 1.75. The number of aliphatic imine (C=N–C) groups is 1. The average Bonchev–Trinajstić information content (AvgIpc) is 2.97. The summed E-state index contributed by atoms with van der Waals surface area (Å²) in [6, 6.07) is 10.2. The van der Waals surface area contributed by atoms with E-state index in [4.69, 9.17) is 9.72 Å². The van der Waals surface area contributed by atoms with Gasteiger partial charge in [0, 0.05) is 11.1 Å². The molecule has 116 valence electrons. The summed E-state index contributed by atoms with van der Waals surface area (Å²) >= 11 is 4.14. The third-order valence-corrected chi connectivity index (χ3v) is 5.72. The molecule has 0 aliphatic carbocycles. The van der Waals surface area contributed by atoms with Gasteiger partial charge in [-0.2, -0.15) is 0 Å². The summed E-state index contributed by atoms with van der Waals surface area (Å²) in [5.74, 6) is 1.94. The molecule has 0 unspecified atom stereocenters. The second-order valence-corrected chi connectivity index (χ2v) is 7.48. The second-order valence-electron chi connectivity index (χ2n) is 5.04. The lowest BCUT2D eigenvalue weighted by atomic mass is 10.2. The van der Waals surface area contributed by atoms with Crippen LogP contribution in [0.3, 0.4) is 0 Å². The number of alkyl halides is 1.